The van der Waals surface area contributed by atoms with Gasteiger partial charge < -0.3 is 106 Å². The van der Waals surface area contributed by atoms with Crippen molar-refractivity contribution >= 4 is 100 Å². The molecule has 2 bridgehead atoms. The Morgan fingerprint density at radius 2 is 1.03 bits per heavy atom. The second kappa shape index (κ2) is 45.7. The Bertz CT molecular complexity index is 3330. The molecule has 2 saturated carbocycles. The number of thioether (sulfide) groups is 2. The quantitative estimate of drug-likeness (QED) is 0.0873. The summed E-state index contributed by atoms with van der Waals surface area (Å²) in [6.07, 6.45) is 3.31. The van der Waals surface area contributed by atoms with Crippen LogP contribution >= 0.6 is 23.5 Å². The molecule has 0 spiro atoms. The summed E-state index contributed by atoms with van der Waals surface area (Å²) in [6.45, 7) is 13.2. The lowest BCUT2D eigenvalue weighted by atomic mass is 9.82. The van der Waals surface area contributed by atoms with Crippen molar-refractivity contribution in [2.75, 3.05) is 37.8 Å². The molecule has 35 heteroatoms. The third-order valence-electron chi connectivity index (χ3n) is 22.1. The highest BCUT2D eigenvalue weighted by molar-refractivity contribution is 7.98. The Kier molecular flexibility index (Phi) is 37.5. The van der Waals surface area contributed by atoms with Crippen LogP contribution in [0.2, 0.25) is 0 Å². The number of amides is 12. The minimum absolute atomic E-state index is 0.00329. The van der Waals surface area contributed by atoms with Crippen LogP contribution in [0.25, 0.3) is 0 Å². The van der Waals surface area contributed by atoms with E-state index in [4.69, 9.17) is 5.73 Å². The third kappa shape index (κ3) is 29.5. The van der Waals surface area contributed by atoms with Crippen LogP contribution in [-0.4, -0.2) is 232 Å². The average Bonchev–Trinajstić information content (AvgIpc) is 1.54. The van der Waals surface area contributed by atoms with Crippen LogP contribution in [0.4, 0.5) is 0 Å². The summed E-state index contributed by atoms with van der Waals surface area (Å²) in [5, 5.41) is 86.5. The van der Waals surface area contributed by atoms with Crippen LogP contribution in [0, 0.1) is 29.1 Å². The fourth-order valence-electron chi connectivity index (χ4n) is 15.7. The number of fused-ring (bicyclic) bond motifs is 3. The SMILES string of the molecule is CCC[C@@H]1NC(=O)[C@H](CC2CNC3NCCCC23)NC(=O)[C@H]([C@@H](C)O)NC(=O)[C@H](CC2CNCN2)NC(=O)[C@H](CC2CCC(O)CC2)NC(=O)[C@H](C(C)(C)C)NC(=O)CCSCc2cccc(c2)CSC[C@@H](C(N)=O)NC(=O)[C@H]([C@@H](C)O)NC(=O)[C@H](CCC)NC(=O)[C@H](CC2CCCCC2)NC(=O)[C@H](CCC(=O)O)NC1=O. The Hall–Kier alpha value is -7.25. The molecule has 12 amide bonds. The summed E-state index contributed by atoms with van der Waals surface area (Å²) in [4.78, 5) is 187. The van der Waals surface area contributed by atoms with Crippen LogP contribution < -0.4 is 85.5 Å². The molecule has 7 rings (SSSR count). The van der Waals surface area contributed by atoms with Gasteiger partial charge in [0.2, 0.25) is 70.9 Å². The highest BCUT2D eigenvalue weighted by Gasteiger charge is 2.44. The Morgan fingerprint density at radius 1 is 0.536 bits per heavy atom. The van der Waals surface area contributed by atoms with Gasteiger partial charge in [-0.1, -0.05) is 104 Å². The van der Waals surface area contributed by atoms with E-state index < -0.39 is 186 Å². The van der Waals surface area contributed by atoms with E-state index >= 15 is 14.4 Å². The molecule has 2 aliphatic carbocycles. The van der Waals surface area contributed by atoms with Gasteiger partial charge in [0, 0.05) is 55.1 Å². The zero-order valence-electron chi connectivity index (χ0n) is 66.1. The first kappa shape index (κ1) is 91.9. The number of rotatable bonds is 18. The molecule has 112 heavy (non-hydrogen) atoms. The number of aliphatic hydroxyl groups is 3. The van der Waals surface area contributed by atoms with Crippen LogP contribution in [0.5, 0.6) is 0 Å². The predicted molar refractivity (Wildman–Crippen MR) is 422 cm³/mol. The topological polar surface area (TPSA) is 509 Å². The minimum Gasteiger partial charge on any atom is -0.481 e. The smallest absolute Gasteiger partial charge is 0.303 e. The van der Waals surface area contributed by atoms with Gasteiger partial charge in [-0.2, -0.15) is 23.5 Å². The van der Waals surface area contributed by atoms with Gasteiger partial charge >= 0.3 is 5.97 Å². The van der Waals surface area contributed by atoms with Gasteiger partial charge in [-0.05, 0) is 151 Å². The molecule has 3 saturated heterocycles. The minimum atomic E-state index is -1.77. The number of carboxylic acids is 1. The molecule has 6 aliphatic rings. The van der Waals surface area contributed by atoms with E-state index in [1.54, 1.807) is 34.6 Å². The molecule has 4 unspecified atom stereocenters. The van der Waals surface area contributed by atoms with Crippen LogP contribution in [0.15, 0.2) is 24.3 Å². The van der Waals surface area contributed by atoms with E-state index in [0.29, 0.717) is 82.0 Å². The predicted octanol–water partition coefficient (Wildman–Crippen LogP) is -0.597. The van der Waals surface area contributed by atoms with E-state index in [9.17, 15) is 68.4 Å². The van der Waals surface area contributed by atoms with Crippen molar-refractivity contribution in [3.63, 3.8) is 0 Å². The second-order valence-electron chi connectivity index (χ2n) is 32.4. The number of aliphatic carboxylic acids is 1. The van der Waals surface area contributed by atoms with E-state index in [0.717, 1.165) is 49.8 Å². The fraction of sp³-hybridized carbons (Fsp3) is 0.753. The summed E-state index contributed by atoms with van der Waals surface area (Å²) in [7, 11) is 0. The number of nitrogens with one attached hydrogen (secondary N) is 15. The lowest BCUT2D eigenvalue weighted by molar-refractivity contribution is -0.139. The van der Waals surface area contributed by atoms with E-state index in [1.807, 2.05) is 24.3 Å². The highest BCUT2D eigenvalue weighted by atomic mass is 32.2. The molecule has 4 heterocycles. The van der Waals surface area contributed by atoms with Gasteiger partial charge in [0.25, 0.3) is 0 Å². The summed E-state index contributed by atoms with van der Waals surface area (Å²) in [5.41, 5.74) is 6.71. The van der Waals surface area contributed by atoms with Gasteiger partial charge in [0.15, 0.2) is 0 Å². The normalized spacial score (nSPS) is 31.5. The molecule has 0 aromatic heterocycles. The monoisotopic (exact) mass is 1610 g/mol. The summed E-state index contributed by atoms with van der Waals surface area (Å²) >= 11 is 2.76. The van der Waals surface area contributed by atoms with Gasteiger partial charge in [0.1, 0.15) is 66.5 Å². The number of carbonyl (C=O) groups is 13. The second-order valence-corrected chi connectivity index (χ2v) is 34.6. The first-order valence-corrected chi connectivity index (χ1v) is 42.6. The standard InChI is InChI=1S/C77H126N16O17S2/c1-8-15-52-67(101)85-54(26-27-61(98)99)68(102)86-55(32-44-17-11-10-12-18-44)70(104)84-53(16-9-2)69(103)92-63(43(4)95)75(109)90-59(65(78)100)40-112-39-47-20-13-19-46(31-47)38-111-30-28-60(97)91-64(77(5,6)7)76(110)89-56(33-45-22-24-50(96)25-23-45)71(105)87-58(35-49-37-79-41-82-49)73(107)93-62(42(3)94)74(108)88-57(72(106)83-52)34-48-36-81-66-51(48)21-14-29-80-66/h13,19-20,31,42-45,48-59,62-64,66,79-82,94-96H,8-12,14-18,21-30,32-41H2,1-7H3,(H2,78,100)(H,83,106)(H,84,104)(H,85,101)(H,86,102)(H,87,105)(H,88,108)(H,89,110)(H,90,109)(H,91,97)(H,92,103)(H,93,107)(H,98,99)/t42-,43-,45?,48?,49?,50?,51?,52+,53+,54+,55+,56+,57+,58+,59+,62+,63+,64-,66?/m1/s1. The number of nitrogens with two attached hydrogens (primary N) is 1. The number of hydrogen-bond acceptors (Lipinski definition) is 22. The number of hydrogen-bond donors (Lipinski definition) is 20. The zero-order chi connectivity index (χ0) is 81.8. The third-order valence-corrected chi connectivity index (χ3v) is 24.2. The Labute approximate surface area is 665 Å². The molecule has 0 radical (unpaired) electrons. The molecule has 1 aromatic carbocycles. The van der Waals surface area contributed by atoms with E-state index in [2.05, 4.69) is 79.8 Å². The number of benzene rings is 1. The Balaban J connectivity index is 1.22. The molecule has 17 atom stereocenters. The number of primary amides is 1. The van der Waals surface area contributed by atoms with Crippen LogP contribution in [0.3, 0.4) is 0 Å². The van der Waals surface area contributed by atoms with Crippen molar-refractivity contribution in [1.29, 1.82) is 0 Å². The summed E-state index contributed by atoms with van der Waals surface area (Å²) in [6, 6.07) is -8.56. The van der Waals surface area contributed by atoms with Crippen molar-refractivity contribution in [3.8, 4) is 0 Å². The largest absolute Gasteiger partial charge is 0.481 e. The fourth-order valence-corrected chi connectivity index (χ4v) is 17.6. The highest BCUT2D eigenvalue weighted by Crippen LogP contribution is 2.33. The van der Waals surface area contributed by atoms with Gasteiger partial charge in [-0.3, -0.25) is 62.3 Å². The van der Waals surface area contributed by atoms with Crippen molar-refractivity contribution in [2.45, 2.75) is 298 Å². The molecule has 4 aliphatic heterocycles. The molecule has 628 valence electrons. The van der Waals surface area contributed by atoms with Crippen LogP contribution in [-0.2, 0) is 73.8 Å². The van der Waals surface area contributed by atoms with E-state index in [1.165, 1.54) is 37.4 Å². The maximum absolute atomic E-state index is 15.2. The van der Waals surface area contributed by atoms with Crippen LogP contribution in [0.1, 0.15) is 201 Å². The number of carboxylic acid groups (broad SMARTS) is 1. The molecule has 1 aromatic rings. The number of piperidine rings is 1. The molecule has 33 nitrogen and oxygen atoms in total. The maximum Gasteiger partial charge on any atom is 0.303 e. The molecular formula is C77H126N16O17S2. The van der Waals surface area contributed by atoms with Gasteiger partial charge in [-0.15, -0.1) is 0 Å². The van der Waals surface area contributed by atoms with E-state index in [-0.39, 0.29) is 87.0 Å². The first-order chi connectivity index (χ1) is 53.3. The molecule has 5 fully saturated rings. The van der Waals surface area contributed by atoms with Crippen molar-refractivity contribution in [1.82, 2.24) is 79.8 Å². The molecular weight excluding hydrogens is 1490 g/mol. The van der Waals surface area contributed by atoms with Crippen molar-refractivity contribution < 1.29 is 82.8 Å². The van der Waals surface area contributed by atoms with Gasteiger partial charge in [0.05, 0.1) is 24.5 Å². The van der Waals surface area contributed by atoms with Crippen molar-refractivity contribution in [3.05, 3.63) is 35.4 Å². The van der Waals surface area contributed by atoms with Gasteiger partial charge in [-0.25, -0.2) is 0 Å². The Morgan fingerprint density at radius 3 is 1.56 bits per heavy atom. The zero-order valence-corrected chi connectivity index (χ0v) is 67.7. The lowest BCUT2D eigenvalue weighted by Gasteiger charge is -2.34. The van der Waals surface area contributed by atoms with Crippen molar-refractivity contribution in [2.24, 2.45) is 34.8 Å². The summed E-state index contributed by atoms with van der Waals surface area (Å²) < 4.78 is 0. The number of aliphatic hydroxyl groups excluding tert-OH is 3. The average molecular weight is 1610 g/mol. The lowest BCUT2D eigenvalue weighted by Crippen LogP contribution is -2.63. The number of carbonyl (C=O) groups excluding carboxylic acids is 12. The molecule has 21 N–H and O–H groups in total. The first-order valence-electron chi connectivity index (χ1n) is 40.3. The maximum atomic E-state index is 15.2. The summed E-state index contributed by atoms with van der Waals surface area (Å²) in [5.74, 6) is -10.6.